The van der Waals surface area contributed by atoms with Crippen LogP contribution in [0.4, 0.5) is 11.6 Å². The van der Waals surface area contributed by atoms with E-state index in [2.05, 4.69) is 15.0 Å². The van der Waals surface area contributed by atoms with Gasteiger partial charge in [-0.25, -0.2) is 14.7 Å². The zero-order valence-electron chi connectivity index (χ0n) is 12.9. The second kappa shape index (κ2) is 6.75. The molecule has 1 aromatic carbocycles. The quantitative estimate of drug-likeness (QED) is 0.666. The van der Waals surface area contributed by atoms with Crippen LogP contribution in [-0.2, 0) is 11.8 Å². The number of ether oxygens (including phenoxy) is 3. The molecule has 1 heterocycles. The molecule has 22 heavy (non-hydrogen) atoms. The molecule has 7 heteroatoms. The molecule has 2 rings (SSSR count). The summed E-state index contributed by atoms with van der Waals surface area (Å²) in [5.41, 5.74) is 1.16. The SMILES string of the molecule is COC(=O)c1cnc(Nc2ccc(OC)c(OC)c2)[n+](C)c1. The van der Waals surface area contributed by atoms with Gasteiger partial charge in [0.25, 0.3) is 0 Å². The van der Waals surface area contributed by atoms with Crippen LogP contribution >= 0.6 is 0 Å². The van der Waals surface area contributed by atoms with Crippen LogP contribution in [0.15, 0.2) is 30.6 Å². The molecular formula is C15H18N3O4+. The van der Waals surface area contributed by atoms with Crippen molar-refractivity contribution in [2.75, 3.05) is 26.6 Å². The van der Waals surface area contributed by atoms with Crippen molar-refractivity contribution in [2.45, 2.75) is 0 Å². The molecule has 0 aliphatic rings. The summed E-state index contributed by atoms with van der Waals surface area (Å²) in [7, 11) is 6.27. The first-order valence-corrected chi connectivity index (χ1v) is 6.52. The number of carbonyl (C=O) groups excluding carboxylic acids is 1. The average molecular weight is 304 g/mol. The summed E-state index contributed by atoms with van der Waals surface area (Å²) in [5.74, 6) is 1.40. The van der Waals surface area contributed by atoms with E-state index >= 15 is 0 Å². The summed E-state index contributed by atoms with van der Waals surface area (Å²) in [5, 5.41) is 3.15. The van der Waals surface area contributed by atoms with E-state index in [9.17, 15) is 4.79 Å². The van der Waals surface area contributed by atoms with Gasteiger partial charge in [0.1, 0.15) is 17.4 Å². The maximum atomic E-state index is 11.5. The van der Waals surface area contributed by atoms with E-state index in [0.29, 0.717) is 23.0 Å². The lowest BCUT2D eigenvalue weighted by Gasteiger charge is -2.09. The van der Waals surface area contributed by atoms with Gasteiger partial charge in [0.15, 0.2) is 11.5 Å². The van der Waals surface area contributed by atoms with E-state index in [1.165, 1.54) is 13.3 Å². The smallest absolute Gasteiger partial charge is 0.396 e. The van der Waals surface area contributed by atoms with Crippen molar-refractivity contribution in [2.24, 2.45) is 7.05 Å². The van der Waals surface area contributed by atoms with Crippen molar-refractivity contribution >= 4 is 17.6 Å². The fourth-order valence-electron chi connectivity index (χ4n) is 1.91. The molecule has 0 saturated carbocycles. The number of benzene rings is 1. The van der Waals surface area contributed by atoms with Crippen LogP contribution in [0.5, 0.6) is 11.5 Å². The summed E-state index contributed by atoms with van der Waals surface area (Å²) < 4.78 is 16.8. The number of anilines is 2. The fourth-order valence-corrected chi connectivity index (χ4v) is 1.91. The normalized spacial score (nSPS) is 10.0. The molecule has 1 N–H and O–H groups in total. The Bertz CT molecular complexity index is 688. The van der Waals surface area contributed by atoms with Crippen LogP contribution in [0.3, 0.4) is 0 Å². The Morgan fingerprint density at radius 2 is 1.91 bits per heavy atom. The molecule has 116 valence electrons. The number of nitrogens with zero attached hydrogens (tertiary/aromatic N) is 2. The van der Waals surface area contributed by atoms with Crippen molar-refractivity contribution in [1.82, 2.24) is 4.98 Å². The molecule has 0 spiro atoms. The lowest BCUT2D eigenvalue weighted by molar-refractivity contribution is -0.659. The molecule has 0 atom stereocenters. The van der Waals surface area contributed by atoms with E-state index in [1.807, 2.05) is 6.07 Å². The zero-order valence-corrected chi connectivity index (χ0v) is 12.9. The number of hydrogen-bond acceptors (Lipinski definition) is 6. The number of methoxy groups -OCH3 is 3. The first kappa shape index (κ1) is 15.6. The number of aromatic nitrogens is 2. The van der Waals surface area contributed by atoms with Gasteiger partial charge in [-0.2, -0.15) is 0 Å². The van der Waals surface area contributed by atoms with Crippen LogP contribution in [-0.4, -0.2) is 32.3 Å². The summed E-state index contributed by atoms with van der Waals surface area (Å²) in [6.07, 6.45) is 3.09. The average Bonchev–Trinajstić information content (AvgIpc) is 2.55. The van der Waals surface area contributed by atoms with E-state index < -0.39 is 5.97 Å². The first-order chi connectivity index (χ1) is 10.6. The molecule has 2 aromatic rings. The minimum absolute atomic E-state index is 0.378. The minimum atomic E-state index is -0.430. The lowest BCUT2D eigenvalue weighted by atomic mass is 10.2. The maximum Gasteiger partial charge on any atom is 0.396 e. The summed E-state index contributed by atoms with van der Waals surface area (Å²) in [6.45, 7) is 0. The Hall–Kier alpha value is -2.83. The largest absolute Gasteiger partial charge is 0.493 e. The molecule has 1 aromatic heterocycles. The van der Waals surface area contributed by atoms with Crippen LogP contribution in [0.2, 0.25) is 0 Å². The summed E-state index contributed by atoms with van der Waals surface area (Å²) in [6, 6.07) is 5.44. The highest BCUT2D eigenvalue weighted by Crippen LogP contribution is 2.30. The molecule has 0 bridgehead atoms. The van der Waals surface area contributed by atoms with Gasteiger partial charge in [0.05, 0.1) is 34.6 Å². The van der Waals surface area contributed by atoms with Gasteiger partial charge in [-0.1, -0.05) is 4.98 Å². The second-order valence-electron chi connectivity index (χ2n) is 4.46. The Balaban J connectivity index is 2.25. The molecule has 0 radical (unpaired) electrons. The second-order valence-corrected chi connectivity index (χ2v) is 4.46. The van der Waals surface area contributed by atoms with Crippen molar-refractivity contribution in [3.05, 3.63) is 36.2 Å². The van der Waals surface area contributed by atoms with Gasteiger partial charge in [0.2, 0.25) is 0 Å². The predicted octanol–water partition coefficient (Wildman–Crippen LogP) is 1.45. The van der Waals surface area contributed by atoms with Gasteiger partial charge in [-0.05, 0) is 12.1 Å². The van der Waals surface area contributed by atoms with Crippen molar-refractivity contribution in [3.8, 4) is 11.5 Å². The van der Waals surface area contributed by atoms with Gasteiger partial charge in [-0.15, -0.1) is 0 Å². The van der Waals surface area contributed by atoms with Crippen LogP contribution in [0, 0.1) is 0 Å². The molecule has 0 saturated heterocycles. The molecule has 0 aliphatic heterocycles. The third kappa shape index (κ3) is 3.25. The topological polar surface area (TPSA) is 73.6 Å². The number of esters is 1. The van der Waals surface area contributed by atoms with Crippen molar-refractivity contribution < 1.29 is 23.6 Å². The Labute approximate surface area is 128 Å². The van der Waals surface area contributed by atoms with E-state index in [1.54, 1.807) is 44.2 Å². The Morgan fingerprint density at radius 1 is 1.18 bits per heavy atom. The lowest BCUT2D eigenvalue weighted by Crippen LogP contribution is -2.34. The van der Waals surface area contributed by atoms with Crippen molar-refractivity contribution in [3.63, 3.8) is 0 Å². The molecule has 0 fully saturated rings. The van der Waals surface area contributed by atoms with E-state index in [0.717, 1.165) is 5.69 Å². The van der Waals surface area contributed by atoms with Crippen LogP contribution in [0.25, 0.3) is 0 Å². The number of hydrogen-bond donors (Lipinski definition) is 1. The third-order valence-electron chi connectivity index (χ3n) is 3.05. The molecule has 0 unspecified atom stereocenters. The molecule has 0 aliphatic carbocycles. The number of rotatable bonds is 5. The minimum Gasteiger partial charge on any atom is -0.493 e. The van der Waals surface area contributed by atoms with Gasteiger partial charge in [0, 0.05) is 6.07 Å². The van der Waals surface area contributed by atoms with E-state index in [4.69, 9.17) is 9.47 Å². The predicted molar refractivity (Wildman–Crippen MR) is 79.6 cm³/mol. The summed E-state index contributed by atoms with van der Waals surface area (Å²) in [4.78, 5) is 15.7. The number of nitrogens with one attached hydrogen (secondary N) is 1. The molecule has 0 amide bonds. The highest BCUT2D eigenvalue weighted by atomic mass is 16.5. The third-order valence-corrected chi connectivity index (χ3v) is 3.05. The fraction of sp³-hybridized carbons (Fsp3) is 0.267. The monoisotopic (exact) mass is 304 g/mol. The van der Waals surface area contributed by atoms with Gasteiger partial charge >= 0.3 is 11.9 Å². The van der Waals surface area contributed by atoms with E-state index in [-0.39, 0.29) is 0 Å². The van der Waals surface area contributed by atoms with Crippen molar-refractivity contribution in [1.29, 1.82) is 0 Å². The molecular weight excluding hydrogens is 286 g/mol. The Kier molecular flexibility index (Phi) is 4.77. The molecule has 7 nitrogen and oxygen atoms in total. The summed E-state index contributed by atoms with van der Waals surface area (Å²) >= 11 is 0. The van der Waals surface area contributed by atoms with Crippen LogP contribution in [0.1, 0.15) is 10.4 Å². The standard InChI is InChI=1S/C15H17N3O4/c1-18-9-10(14(19)22-4)8-16-15(18)17-11-5-6-12(20-2)13(7-11)21-3/h5-9H,1-4H3/p+1. The highest BCUT2D eigenvalue weighted by molar-refractivity contribution is 5.88. The van der Waals surface area contributed by atoms with Crippen LogP contribution < -0.4 is 19.4 Å². The number of aryl methyl sites for hydroxylation is 1. The zero-order chi connectivity index (χ0) is 16.1. The maximum absolute atomic E-state index is 11.5. The Morgan fingerprint density at radius 3 is 2.50 bits per heavy atom. The van der Waals surface area contributed by atoms with Gasteiger partial charge < -0.3 is 14.2 Å². The highest BCUT2D eigenvalue weighted by Gasteiger charge is 2.16. The van der Waals surface area contributed by atoms with Gasteiger partial charge in [-0.3, -0.25) is 0 Å². The number of carbonyl (C=O) groups is 1. The first-order valence-electron chi connectivity index (χ1n) is 6.52.